The summed E-state index contributed by atoms with van der Waals surface area (Å²) in [6, 6.07) is 11.9. The standard InChI is InChI=1S/C22H24Cl2N4O3/c23-5-7-28(8-6-24)17-3-1-16(2-4-17)27-22-18-13-20-21(14-19(18)25-15-26-22)31-12-10-29-9-11-30-20/h1-4,13-15H,5-12H2,(H,25,26,27). The number of anilines is 3. The summed E-state index contributed by atoms with van der Waals surface area (Å²) in [5.74, 6) is 3.10. The molecule has 3 aromatic rings. The van der Waals surface area contributed by atoms with Crippen LogP contribution < -0.4 is 19.7 Å². The molecule has 1 aliphatic heterocycles. The average Bonchev–Trinajstić information content (AvgIpc) is 2.90. The minimum Gasteiger partial charge on any atom is -0.487 e. The van der Waals surface area contributed by atoms with Crippen molar-refractivity contribution in [3.05, 3.63) is 42.7 Å². The molecule has 0 bridgehead atoms. The normalized spacial score (nSPS) is 13.9. The number of hydrogen-bond donors (Lipinski definition) is 1. The lowest BCUT2D eigenvalue weighted by atomic mass is 10.2. The third kappa shape index (κ3) is 5.42. The van der Waals surface area contributed by atoms with Gasteiger partial charge in [0.1, 0.15) is 25.4 Å². The number of benzene rings is 2. The highest BCUT2D eigenvalue weighted by Gasteiger charge is 2.14. The summed E-state index contributed by atoms with van der Waals surface area (Å²) in [5.41, 5.74) is 2.76. The maximum absolute atomic E-state index is 5.92. The van der Waals surface area contributed by atoms with Gasteiger partial charge in [0.15, 0.2) is 11.5 Å². The Kier molecular flexibility index (Phi) is 7.51. The molecular formula is C22H24Cl2N4O3. The van der Waals surface area contributed by atoms with Crippen LogP contribution in [0.4, 0.5) is 17.2 Å². The quantitative estimate of drug-likeness (QED) is 0.520. The van der Waals surface area contributed by atoms with Crippen molar-refractivity contribution in [1.82, 2.24) is 9.97 Å². The zero-order chi connectivity index (χ0) is 21.5. The summed E-state index contributed by atoms with van der Waals surface area (Å²) >= 11 is 11.8. The largest absolute Gasteiger partial charge is 0.487 e. The Morgan fingerprint density at radius 3 is 2.23 bits per heavy atom. The molecule has 4 rings (SSSR count). The number of alkyl halides is 2. The van der Waals surface area contributed by atoms with Gasteiger partial charge in [-0.2, -0.15) is 0 Å². The second kappa shape index (κ2) is 10.7. The zero-order valence-corrected chi connectivity index (χ0v) is 18.5. The van der Waals surface area contributed by atoms with Gasteiger partial charge < -0.3 is 24.4 Å². The van der Waals surface area contributed by atoms with Gasteiger partial charge in [0.2, 0.25) is 0 Å². The zero-order valence-electron chi connectivity index (χ0n) is 17.0. The van der Waals surface area contributed by atoms with Crippen LogP contribution in [0.5, 0.6) is 11.5 Å². The van der Waals surface area contributed by atoms with Gasteiger partial charge in [-0.15, -0.1) is 23.2 Å². The van der Waals surface area contributed by atoms with Crippen LogP contribution in [0, 0.1) is 0 Å². The van der Waals surface area contributed by atoms with E-state index < -0.39 is 0 Å². The van der Waals surface area contributed by atoms with Crippen LogP contribution in [0.3, 0.4) is 0 Å². The van der Waals surface area contributed by atoms with Crippen LogP contribution in [0.2, 0.25) is 0 Å². The van der Waals surface area contributed by atoms with E-state index in [1.54, 1.807) is 0 Å². The Morgan fingerprint density at radius 2 is 1.55 bits per heavy atom. The van der Waals surface area contributed by atoms with Gasteiger partial charge in [0, 0.05) is 47.7 Å². The first-order valence-corrected chi connectivity index (χ1v) is 11.2. The summed E-state index contributed by atoms with van der Waals surface area (Å²) in [7, 11) is 0. The molecule has 1 aliphatic rings. The van der Waals surface area contributed by atoms with Crippen LogP contribution in [-0.4, -0.2) is 61.2 Å². The molecule has 164 valence electrons. The molecule has 0 fully saturated rings. The summed E-state index contributed by atoms with van der Waals surface area (Å²) in [5, 5.41) is 4.23. The first-order valence-electron chi connectivity index (χ1n) is 10.1. The number of nitrogens with one attached hydrogen (secondary N) is 1. The molecular weight excluding hydrogens is 439 g/mol. The SMILES string of the molecule is ClCCN(CCCl)c1ccc(Nc2ncnc3cc4c(cc23)OCCOCCO4)cc1. The van der Waals surface area contributed by atoms with E-state index >= 15 is 0 Å². The molecule has 2 heterocycles. The Labute approximate surface area is 191 Å². The summed E-state index contributed by atoms with van der Waals surface area (Å²) in [4.78, 5) is 11.0. The highest BCUT2D eigenvalue weighted by molar-refractivity contribution is 6.18. The summed E-state index contributed by atoms with van der Waals surface area (Å²) in [6.07, 6.45) is 1.53. The van der Waals surface area contributed by atoms with E-state index in [0.717, 1.165) is 35.4 Å². The third-order valence-corrected chi connectivity index (χ3v) is 5.21. The van der Waals surface area contributed by atoms with Gasteiger partial charge in [-0.3, -0.25) is 0 Å². The van der Waals surface area contributed by atoms with Crippen molar-refractivity contribution in [1.29, 1.82) is 0 Å². The van der Waals surface area contributed by atoms with Gasteiger partial charge in [-0.25, -0.2) is 9.97 Å². The van der Waals surface area contributed by atoms with E-state index in [-0.39, 0.29) is 0 Å². The van der Waals surface area contributed by atoms with Crippen LogP contribution in [0.25, 0.3) is 10.9 Å². The summed E-state index contributed by atoms with van der Waals surface area (Å²) < 4.78 is 17.1. The highest BCUT2D eigenvalue weighted by Crippen LogP contribution is 2.35. The summed E-state index contributed by atoms with van der Waals surface area (Å²) in [6.45, 7) is 3.47. The van der Waals surface area contributed by atoms with Gasteiger partial charge >= 0.3 is 0 Å². The maximum Gasteiger partial charge on any atom is 0.163 e. The molecule has 0 saturated carbocycles. The minimum absolute atomic E-state index is 0.459. The molecule has 7 nitrogen and oxygen atoms in total. The molecule has 2 aromatic carbocycles. The minimum atomic E-state index is 0.459. The van der Waals surface area contributed by atoms with Crippen molar-refractivity contribution in [3.63, 3.8) is 0 Å². The van der Waals surface area contributed by atoms with Crippen molar-refractivity contribution >= 4 is 51.3 Å². The molecule has 0 saturated heterocycles. The first kappa shape index (κ1) is 21.7. The highest BCUT2D eigenvalue weighted by atomic mass is 35.5. The molecule has 1 N–H and O–H groups in total. The van der Waals surface area contributed by atoms with E-state index in [2.05, 4.69) is 20.2 Å². The Bertz CT molecular complexity index is 998. The molecule has 0 radical (unpaired) electrons. The molecule has 31 heavy (non-hydrogen) atoms. The third-order valence-electron chi connectivity index (χ3n) is 4.88. The number of rotatable bonds is 7. The van der Waals surface area contributed by atoms with E-state index in [9.17, 15) is 0 Å². The molecule has 0 spiro atoms. The number of aromatic nitrogens is 2. The van der Waals surface area contributed by atoms with E-state index in [0.29, 0.717) is 55.5 Å². The Morgan fingerprint density at radius 1 is 0.871 bits per heavy atom. The lowest BCUT2D eigenvalue weighted by molar-refractivity contribution is 0.0877. The number of hydrogen-bond acceptors (Lipinski definition) is 7. The molecule has 0 aliphatic carbocycles. The van der Waals surface area contributed by atoms with Crippen LogP contribution >= 0.6 is 23.2 Å². The topological polar surface area (TPSA) is 68.7 Å². The van der Waals surface area contributed by atoms with E-state index in [4.69, 9.17) is 37.4 Å². The average molecular weight is 463 g/mol. The van der Waals surface area contributed by atoms with Crippen LogP contribution in [0.15, 0.2) is 42.7 Å². The second-order valence-electron chi connectivity index (χ2n) is 6.88. The maximum atomic E-state index is 5.92. The van der Waals surface area contributed by atoms with Crippen molar-refractivity contribution in [3.8, 4) is 11.5 Å². The monoisotopic (exact) mass is 462 g/mol. The Balaban J connectivity index is 1.59. The first-order chi connectivity index (χ1) is 15.3. The smallest absolute Gasteiger partial charge is 0.163 e. The van der Waals surface area contributed by atoms with Gasteiger partial charge in [0.05, 0.1) is 18.7 Å². The van der Waals surface area contributed by atoms with Crippen molar-refractivity contribution in [2.75, 3.05) is 61.5 Å². The number of nitrogens with zero attached hydrogens (tertiary/aromatic N) is 3. The molecule has 0 amide bonds. The van der Waals surface area contributed by atoms with Crippen LogP contribution in [-0.2, 0) is 4.74 Å². The molecule has 1 aromatic heterocycles. The number of fused-ring (bicyclic) bond motifs is 2. The molecule has 0 unspecified atom stereocenters. The predicted molar refractivity (Wildman–Crippen MR) is 125 cm³/mol. The van der Waals surface area contributed by atoms with Crippen LogP contribution in [0.1, 0.15) is 0 Å². The van der Waals surface area contributed by atoms with Crippen molar-refractivity contribution in [2.45, 2.75) is 0 Å². The fourth-order valence-electron chi connectivity index (χ4n) is 3.38. The van der Waals surface area contributed by atoms with Gasteiger partial charge in [-0.1, -0.05) is 0 Å². The van der Waals surface area contributed by atoms with E-state index in [1.807, 2.05) is 36.4 Å². The number of halogens is 2. The fourth-order valence-corrected chi connectivity index (χ4v) is 3.79. The lowest BCUT2D eigenvalue weighted by Gasteiger charge is -2.23. The van der Waals surface area contributed by atoms with Gasteiger partial charge in [-0.05, 0) is 30.3 Å². The number of ether oxygens (including phenoxy) is 3. The van der Waals surface area contributed by atoms with Crippen molar-refractivity contribution < 1.29 is 14.2 Å². The molecule has 9 heteroatoms. The Hall–Kier alpha value is -2.48. The predicted octanol–water partition coefficient (Wildman–Crippen LogP) is 4.45. The fraction of sp³-hybridized carbons (Fsp3) is 0.364. The lowest BCUT2D eigenvalue weighted by Crippen LogP contribution is -2.27. The second-order valence-corrected chi connectivity index (χ2v) is 7.64. The molecule has 0 atom stereocenters. The van der Waals surface area contributed by atoms with E-state index in [1.165, 1.54) is 6.33 Å². The van der Waals surface area contributed by atoms with Crippen molar-refractivity contribution in [2.24, 2.45) is 0 Å². The van der Waals surface area contributed by atoms with Gasteiger partial charge in [0.25, 0.3) is 0 Å².